The molecule has 1 heterocycles. The second kappa shape index (κ2) is 5.22. The van der Waals surface area contributed by atoms with E-state index in [2.05, 4.69) is 15.5 Å². The maximum Gasteiger partial charge on any atom is 0.271 e. The summed E-state index contributed by atoms with van der Waals surface area (Å²) in [5, 5.41) is 21.5. The van der Waals surface area contributed by atoms with Crippen molar-refractivity contribution < 1.29 is 4.92 Å². The molecule has 0 bridgehead atoms. The van der Waals surface area contributed by atoms with Gasteiger partial charge < -0.3 is 5.32 Å². The Balaban J connectivity index is 2.12. The zero-order chi connectivity index (χ0) is 13.0. The highest BCUT2D eigenvalue weighted by atomic mass is 16.6. The Morgan fingerprint density at radius 1 is 1.39 bits per heavy atom. The van der Waals surface area contributed by atoms with Gasteiger partial charge in [0.1, 0.15) is 0 Å². The van der Waals surface area contributed by atoms with Crippen molar-refractivity contribution in [3.8, 4) is 0 Å². The molecule has 0 spiro atoms. The van der Waals surface area contributed by atoms with Crippen LogP contribution in [0.5, 0.6) is 0 Å². The van der Waals surface area contributed by atoms with Crippen LogP contribution in [0, 0.1) is 17.0 Å². The minimum Gasteiger partial charge on any atom is -0.379 e. The highest BCUT2D eigenvalue weighted by Gasteiger charge is 2.07. The summed E-state index contributed by atoms with van der Waals surface area (Å²) in [6.45, 7) is 2.30. The lowest BCUT2D eigenvalue weighted by Gasteiger charge is -2.06. The van der Waals surface area contributed by atoms with Crippen molar-refractivity contribution in [2.24, 2.45) is 0 Å². The number of nitrogens with one attached hydrogen (secondary N) is 1. The van der Waals surface area contributed by atoms with Crippen molar-refractivity contribution in [2.45, 2.75) is 13.5 Å². The van der Waals surface area contributed by atoms with E-state index in [1.54, 1.807) is 12.3 Å². The standard InChI is InChI=1S/C12H12N4O2/c1-9-5-11(7-12(6-9)16(17)18)13-8-10-3-2-4-14-15-10/h2-7,13H,8H2,1H3. The van der Waals surface area contributed by atoms with Crippen LogP contribution in [0.15, 0.2) is 36.5 Å². The van der Waals surface area contributed by atoms with E-state index in [0.717, 1.165) is 11.3 Å². The fourth-order valence-corrected chi connectivity index (χ4v) is 1.59. The number of aromatic nitrogens is 2. The minimum atomic E-state index is -0.402. The van der Waals surface area contributed by atoms with Crippen molar-refractivity contribution in [3.63, 3.8) is 0 Å². The molecule has 0 aliphatic heterocycles. The Bertz CT molecular complexity index is 557. The Hall–Kier alpha value is -2.50. The van der Waals surface area contributed by atoms with Gasteiger partial charge in [0, 0.05) is 24.0 Å². The molecule has 0 fully saturated rings. The van der Waals surface area contributed by atoms with E-state index < -0.39 is 4.92 Å². The first-order valence-electron chi connectivity index (χ1n) is 5.42. The van der Waals surface area contributed by atoms with Gasteiger partial charge in [0.15, 0.2) is 0 Å². The summed E-state index contributed by atoms with van der Waals surface area (Å²) in [6, 6.07) is 8.52. The molecular formula is C12H12N4O2. The van der Waals surface area contributed by atoms with Crippen molar-refractivity contribution in [1.82, 2.24) is 10.2 Å². The highest BCUT2D eigenvalue weighted by molar-refractivity contribution is 5.53. The predicted molar refractivity (Wildman–Crippen MR) is 67.2 cm³/mol. The number of anilines is 1. The molecule has 0 saturated carbocycles. The van der Waals surface area contributed by atoms with E-state index >= 15 is 0 Å². The second-order valence-electron chi connectivity index (χ2n) is 3.88. The molecule has 1 aromatic heterocycles. The number of rotatable bonds is 4. The van der Waals surface area contributed by atoms with Crippen LogP contribution >= 0.6 is 0 Å². The first kappa shape index (κ1) is 12.0. The largest absolute Gasteiger partial charge is 0.379 e. The molecule has 0 saturated heterocycles. The van der Waals surface area contributed by atoms with Crippen LogP contribution < -0.4 is 5.32 Å². The van der Waals surface area contributed by atoms with E-state index in [4.69, 9.17) is 0 Å². The molecule has 1 aromatic carbocycles. The van der Waals surface area contributed by atoms with Gasteiger partial charge in [-0.3, -0.25) is 10.1 Å². The molecule has 2 aromatic rings. The van der Waals surface area contributed by atoms with Gasteiger partial charge in [-0.15, -0.1) is 0 Å². The first-order valence-corrected chi connectivity index (χ1v) is 5.42. The number of aryl methyl sites for hydroxylation is 1. The normalized spacial score (nSPS) is 10.1. The van der Waals surface area contributed by atoms with Crippen LogP contribution in [0.1, 0.15) is 11.3 Å². The molecular weight excluding hydrogens is 232 g/mol. The molecule has 2 rings (SSSR count). The Morgan fingerprint density at radius 3 is 2.89 bits per heavy atom. The minimum absolute atomic E-state index is 0.0802. The molecule has 0 aliphatic carbocycles. The number of non-ortho nitro benzene ring substituents is 1. The van der Waals surface area contributed by atoms with Gasteiger partial charge >= 0.3 is 0 Å². The van der Waals surface area contributed by atoms with E-state index in [1.165, 1.54) is 12.1 Å². The summed E-state index contributed by atoms with van der Waals surface area (Å²) in [5.41, 5.74) is 2.40. The fraction of sp³-hybridized carbons (Fsp3) is 0.167. The number of nitrogens with zero attached hydrogens (tertiary/aromatic N) is 3. The van der Waals surface area contributed by atoms with E-state index in [1.807, 2.05) is 19.1 Å². The molecule has 0 atom stereocenters. The van der Waals surface area contributed by atoms with Gasteiger partial charge in [-0.1, -0.05) is 0 Å². The topological polar surface area (TPSA) is 81.0 Å². The third kappa shape index (κ3) is 3.00. The van der Waals surface area contributed by atoms with Gasteiger partial charge in [0.2, 0.25) is 0 Å². The molecule has 0 aliphatic rings. The molecule has 1 N–H and O–H groups in total. The summed E-state index contributed by atoms with van der Waals surface area (Å²) >= 11 is 0. The van der Waals surface area contributed by atoms with Gasteiger partial charge in [0.25, 0.3) is 5.69 Å². The van der Waals surface area contributed by atoms with Crippen molar-refractivity contribution in [2.75, 3.05) is 5.32 Å². The smallest absolute Gasteiger partial charge is 0.271 e. The SMILES string of the molecule is Cc1cc(NCc2cccnn2)cc([N+](=O)[O-])c1. The third-order valence-corrected chi connectivity index (χ3v) is 2.37. The van der Waals surface area contributed by atoms with Gasteiger partial charge in [-0.05, 0) is 30.7 Å². The molecule has 92 valence electrons. The maximum atomic E-state index is 10.7. The van der Waals surface area contributed by atoms with Crippen molar-refractivity contribution in [1.29, 1.82) is 0 Å². The zero-order valence-electron chi connectivity index (χ0n) is 9.83. The highest BCUT2D eigenvalue weighted by Crippen LogP contribution is 2.20. The quantitative estimate of drug-likeness (QED) is 0.659. The Labute approximate surface area is 104 Å². The van der Waals surface area contributed by atoms with Crippen LogP contribution in [-0.2, 0) is 6.54 Å². The zero-order valence-corrected chi connectivity index (χ0v) is 9.83. The number of hydrogen-bond donors (Lipinski definition) is 1. The first-order chi connectivity index (χ1) is 8.65. The third-order valence-electron chi connectivity index (χ3n) is 2.37. The van der Waals surface area contributed by atoms with Gasteiger partial charge in [0.05, 0.1) is 17.2 Å². The molecule has 6 heteroatoms. The summed E-state index contributed by atoms with van der Waals surface area (Å²) in [5.74, 6) is 0. The second-order valence-corrected chi connectivity index (χ2v) is 3.88. The van der Waals surface area contributed by atoms with Crippen molar-refractivity contribution in [3.05, 3.63) is 57.9 Å². The number of nitro groups is 1. The number of nitro benzene ring substituents is 1. The molecule has 0 amide bonds. The number of hydrogen-bond acceptors (Lipinski definition) is 5. The van der Waals surface area contributed by atoms with Crippen LogP contribution in [0.4, 0.5) is 11.4 Å². The number of benzene rings is 1. The van der Waals surface area contributed by atoms with E-state index in [9.17, 15) is 10.1 Å². The lowest BCUT2D eigenvalue weighted by Crippen LogP contribution is -2.03. The Morgan fingerprint density at radius 2 is 2.22 bits per heavy atom. The van der Waals surface area contributed by atoms with Crippen LogP contribution in [-0.4, -0.2) is 15.1 Å². The monoisotopic (exact) mass is 244 g/mol. The Kier molecular flexibility index (Phi) is 3.47. The van der Waals surface area contributed by atoms with E-state index in [-0.39, 0.29) is 5.69 Å². The maximum absolute atomic E-state index is 10.7. The van der Waals surface area contributed by atoms with Crippen LogP contribution in [0.25, 0.3) is 0 Å². The lowest BCUT2D eigenvalue weighted by molar-refractivity contribution is -0.384. The average molecular weight is 244 g/mol. The van der Waals surface area contributed by atoms with Crippen LogP contribution in [0.3, 0.4) is 0 Å². The molecule has 0 radical (unpaired) electrons. The van der Waals surface area contributed by atoms with Crippen molar-refractivity contribution >= 4 is 11.4 Å². The average Bonchev–Trinajstić information content (AvgIpc) is 2.37. The summed E-state index contributed by atoms with van der Waals surface area (Å²) in [6.07, 6.45) is 1.60. The molecule has 0 unspecified atom stereocenters. The van der Waals surface area contributed by atoms with Crippen LogP contribution in [0.2, 0.25) is 0 Å². The van der Waals surface area contributed by atoms with Gasteiger partial charge in [-0.2, -0.15) is 10.2 Å². The summed E-state index contributed by atoms with van der Waals surface area (Å²) < 4.78 is 0. The lowest BCUT2D eigenvalue weighted by atomic mass is 10.2. The predicted octanol–water partition coefficient (Wildman–Crippen LogP) is 2.31. The molecule has 6 nitrogen and oxygen atoms in total. The van der Waals surface area contributed by atoms with E-state index in [0.29, 0.717) is 12.2 Å². The fourth-order valence-electron chi connectivity index (χ4n) is 1.59. The van der Waals surface area contributed by atoms with Gasteiger partial charge in [-0.25, -0.2) is 0 Å². The summed E-state index contributed by atoms with van der Waals surface area (Å²) in [7, 11) is 0. The summed E-state index contributed by atoms with van der Waals surface area (Å²) in [4.78, 5) is 10.3. The molecule has 18 heavy (non-hydrogen) atoms.